The molecule has 0 aliphatic carbocycles. The largest absolute Gasteiger partial charge is 0.497 e. The summed E-state index contributed by atoms with van der Waals surface area (Å²) in [5.41, 5.74) is 1.26. The van der Waals surface area contributed by atoms with Gasteiger partial charge in [-0.2, -0.15) is 0 Å². The summed E-state index contributed by atoms with van der Waals surface area (Å²) in [4.78, 5) is 2.38. The smallest absolute Gasteiger partial charge is 0.114 e. The molecule has 3 nitrogen and oxygen atoms in total. The molecule has 0 unspecified atom stereocenters. The molecule has 0 radical (unpaired) electrons. The SMILES string of the molecule is C\C=C(/C=C\C(=C/C)N1CCNCC1)OC. The van der Waals surface area contributed by atoms with Crippen LogP contribution in [-0.2, 0) is 4.74 Å². The number of nitrogens with zero attached hydrogens (tertiary/aromatic N) is 1. The summed E-state index contributed by atoms with van der Waals surface area (Å²) >= 11 is 0. The van der Waals surface area contributed by atoms with Gasteiger partial charge in [0.15, 0.2) is 0 Å². The molecule has 0 aromatic rings. The standard InChI is InChI=1S/C13H22N2O/c1-4-12(6-7-13(5-2)16-3)15-10-8-14-9-11-15/h4-7,14H,8-11H2,1-3H3/b7-6-,12-4+,13-5+. The Morgan fingerprint density at radius 2 is 1.81 bits per heavy atom. The van der Waals surface area contributed by atoms with E-state index in [9.17, 15) is 0 Å². The quantitative estimate of drug-likeness (QED) is 0.581. The normalized spacial score (nSPS) is 19.3. The summed E-state index contributed by atoms with van der Waals surface area (Å²) in [6, 6.07) is 0. The van der Waals surface area contributed by atoms with Gasteiger partial charge in [0, 0.05) is 31.9 Å². The summed E-state index contributed by atoms with van der Waals surface area (Å²) in [5.74, 6) is 0.898. The maximum atomic E-state index is 5.20. The monoisotopic (exact) mass is 222 g/mol. The van der Waals surface area contributed by atoms with E-state index in [1.54, 1.807) is 7.11 Å². The highest BCUT2D eigenvalue weighted by Gasteiger charge is 2.09. The predicted molar refractivity (Wildman–Crippen MR) is 68.1 cm³/mol. The average molecular weight is 222 g/mol. The summed E-state index contributed by atoms with van der Waals surface area (Å²) < 4.78 is 5.20. The molecule has 0 bridgehead atoms. The molecule has 0 atom stereocenters. The lowest BCUT2D eigenvalue weighted by Crippen LogP contribution is -2.42. The minimum atomic E-state index is 0.898. The molecule has 3 heteroatoms. The molecule has 16 heavy (non-hydrogen) atoms. The molecule has 1 aliphatic heterocycles. The maximum Gasteiger partial charge on any atom is 0.114 e. The van der Waals surface area contributed by atoms with E-state index in [0.29, 0.717) is 0 Å². The Kier molecular flexibility index (Phi) is 5.72. The van der Waals surface area contributed by atoms with Crippen molar-refractivity contribution >= 4 is 0 Å². The van der Waals surface area contributed by atoms with Gasteiger partial charge >= 0.3 is 0 Å². The average Bonchev–Trinajstić information content (AvgIpc) is 2.36. The van der Waals surface area contributed by atoms with Gasteiger partial charge in [-0.25, -0.2) is 0 Å². The van der Waals surface area contributed by atoms with Gasteiger partial charge in [0.05, 0.1) is 7.11 Å². The van der Waals surface area contributed by atoms with Crippen LogP contribution in [-0.4, -0.2) is 38.2 Å². The number of piperazine rings is 1. The maximum absolute atomic E-state index is 5.20. The van der Waals surface area contributed by atoms with Gasteiger partial charge in [-0.05, 0) is 32.1 Å². The third kappa shape index (κ3) is 3.74. The van der Waals surface area contributed by atoms with E-state index in [2.05, 4.69) is 29.3 Å². The molecule has 90 valence electrons. The Bertz CT molecular complexity index is 286. The first kappa shape index (κ1) is 12.8. The lowest BCUT2D eigenvalue weighted by atomic mass is 10.2. The van der Waals surface area contributed by atoms with Gasteiger partial charge in [0.25, 0.3) is 0 Å². The van der Waals surface area contributed by atoms with E-state index >= 15 is 0 Å². The number of hydrogen-bond acceptors (Lipinski definition) is 3. The zero-order chi connectivity index (χ0) is 11.8. The molecule has 1 saturated heterocycles. The van der Waals surface area contributed by atoms with Crippen LogP contribution in [0.4, 0.5) is 0 Å². The Hall–Kier alpha value is -1.22. The van der Waals surface area contributed by atoms with E-state index in [1.165, 1.54) is 5.70 Å². The Labute approximate surface area is 98.5 Å². The summed E-state index contributed by atoms with van der Waals surface area (Å²) in [7, 11) is 1.69. The van der Waals surface area contributed by atoms with Crippen LogP contribution in [0.5, 0.6) is 0 Å². The van der Waals surface area contributed by atoms with Crippen LogP contribution in [0.25, 0.3) is 0 Å². The molecule has 0 amide bonds. The lowest BCUT2D eigenvalue weighted by molar-refractivity contribution is 0.301. The summed E-state index contributed by atoms with van der Waals surface area (Å²) in [6.45, 7) is 8.31. The highest BCUT2D eigenvalue weighted by atomic mass is 16.5. The molecule has 0 saturated carbocycles. The van der Waals surface area contributed by atoms with Crippen LogP contribution in [0.3, 0.4) is 0 Å². The minimum absolute atomic E-state index is 0.898. The molecule has 0 aromatic heterocycles. The van der Waals surface area contributed by atoms with Gasteiger partial charge in [0.1, 0.15) is 5.76 Å². The van der Waals surface area contributed by atoms with Gasteiger partial charge in [0.2, 0.25) is 0 Å². The third-order valence-corrected chi connectivity index (χ3v) is 2.72. The van der Waals surface area contributed by atoms with E-state index in [0.717, 1.165) is 31.9 Å². The number of ether oxygens (including phenoxy) is 1. The molecule has 1 N–H and O–H groups in total. The number of allylic oxidation sites excluding steroid dienone is 4. The molecule has 0 aromatic carbocycles. The van der Waals surface area contributed by atoms with E-state index in [-0.39, 0.29) is 0 Å². The van der Waals surface area contributed by atoms with Crippen molar-refractivity contribution in [1.82, 2.24) is 10.2 Å². The van der Waals surface area contributed by atoms with Crippen LogP contribution >= 0.6 is 0 Å². The van der Waals surface area contributed by atoms with Crippen molar-refractivity contribution in [1.29, 1.82) is 0 Å². The second kappa shape index (κ2) is 7.12. The predicted octanol–water partition coefficient (Wildman–Crippen LogP) is 1.90. The van der Waals surface area contributed by atoms with Crippen molar-refractivity contribution in [2.24, 2.45) is 0 Å². The first-order valence-electron chi connectivity index (χ1n) is 5.82. The van der Waals surface area contributed by atoms with Crippen molar-refractivity contribution < 1.29 is 4.74 Å². The highest BCUT2D eigenvalue weighted by Crippen LogP contribution is 2.09. The molecule has 1 heterocycles. The second-order valence-electron chi connectivity index (χ2n) is 3.68. The van der Waals surface area contributed by atoms with Gasteiger partial charge in [-0.15, -0.1) is 0 Å². The van der Waals surface area contributed by atoms with Crippen LogP contribution in [0.2, 0.25) is 0 Å². The van der Waals surface area contributed by atoms with Crippen LogP contribution in [0.15, 0.2) is 35.8 Å². The zero-order valence-corrected chi connectivity index (χ0v) is 10.5. The van der Waals surface area contributed by atoms with Crippen LogP contribution in [0, 0.1) is 0 Å². The Morgan fingerprint density at radius 1 is 1.12 bits per heavy atom. The topological polar surface area (TPSA) is 24.5 Å². The van der Waals surface area contributed by atoms with E-state index in [4.69, 9.17) is 4.74 Å². The van der Waals surface area contributed by atoms with Crippen molar-refractivity contribution in [3.63, 3.8) is 0 Å². The fourth-order valence-electron chi connectivity index (χ4n) is 1.76. The van der Waals surface area contributed by atoms with Crippen molar-refractivity contribution in [3.8, 4) is 0 Å². The molecular formula is C13H22N2O. The lowest BCUT2D eigenvalue weighted by Gasteiger charge is -2.30. The van der Waals surface area contributed by atoms with Crippen molar-refractivity contribution in [2.75, 3.05) is 33.3 Å². The Balaban J connectivity index is 2.61. The summed E-state index contributed by atoms with van der Waals surface area (Å²) in [5, 5.41) is 3.35. The molecule has 1 aliphatic rings. The van der Waals surface area contributed by atoms with Gasteiger partial charge in [-0.3, -0.25) is 0 Å². The molecular weight excluding hydrogens is 200 g/mol. The molecule has 0 spiro atoms. The zero-order valence-electron chi connectivity index (χ0n) is 10.5. The van der Waals surface area contributed by atoms with Gasteiger partial charge in [-0.1, -0.05) is 6.08 Å². The highest BCUT2D eigenvalue weighted by molar-refractivity contribution is 5.24. The third-order valence-electron chi connectivity index (χ3n) is 2.72. The van der Waals surface area contributed by atoms with Crippen LogP contribution in [0.1, 0.15) is 13.8 Å². The fraction of sp³-hybridized carbons (Fsp3) is 0.538. The molecule has 1 rings (SSSR count). The molecule has 1 fully saturated rings. The fourth-order valence-corrected chi connectivity index (χ4v) is 1.76. The van der Waals surface area contributed by atoms with Crippen molar-refractivity contribution in [2.45, 2.75) is 13.8 Å². The number of nitrogens with one attached hydrogen (secondary N) is 1. The van der Waals surface area contributed by atoms with Gasteiger partial charge < -0.3 is 15.0 Å². The number of hydrogen-bond donors (Lipinski definition) is 1. The van der Waals surface area contributed by atoms with E-state index in [1.807, 2.05) is 19.1 Å². The van der Waals surface area contributed by atoms with Crippen LogP contribution < -0.4 is 5.32 Å². The van der Waals surface area contributed by atoms with Crippen molar-refractivity contribution in [3.05, 3.63) is 35.8 Å². The first-order valence-corrected chi connectivity index (χ1v) is 5.82. The summed E-state index contributed by atoms with van der Waals surface area (Å²) in [6.07, 6.45) is 8.23. The first-order chi connectivity index (χ1) is 7.81. The Morgan fingerprint density at radius 3 is 2.31 bits per heavy atom. The number of methoxy groups -OCH3 is 1. The second-order valence-corrected chi connectivity index (χ2v) is 3.68. The number of rotatable bonds is 4. The van der Waals surface area contributed by atoms with E-state index < -0.39 is 0 Å². The minimum Gasteiger partial charge on any atom is -0.497 e.